The van der Waals surface area contributed by atoms with E-state index in [0.29, 0.717) is 6.42 Å². The number of methoxy groups -OCH3 is 1. The summed E-state index contributed by atoms with van der Waals surface area (Å²) in [5.74, 6) is 1.11. The second-order valence-corrected chi connectivity index (χ2v) is 7.67. The van der Waals surface area contributed by atoms with Crippen molar-refractivity contribution in [1.29, 1.82) is 0 Å². The smallest absolute Gasteiger partial charge is 0.223 e. The van der Waals surface area contributed by atoms with Gasteiger partial charge in [-0.1, -0.05) is 59.1 Å². The molecule has 0 N–H and O–H groups in total. The van der Waals surface area contributed by atoms with Crippen molar-refractivity contribution < 1.29 is 9.53 Å². The van der Waals surface area contributed by atoms with Gasteiger partial charge in [-0.3, -0.25) is 4.79 Å². The summed E-state index contributed by atoms with van der Waals surface area (Å²) in [6.07, 6.45) is 5.81. The van der Waals surface area contributed by atoms with E-state index in [9.17, 15) is 4.79 Å². The van der Waals surface area contributed by atoms with E-state index in [0.717, 1.165) is 36.0 Å². The molecule has 1 unspecified atom stereocenters. The Kier molecular flexibility index (Phi) is 6.73. The number of amides is 1. The van der Waals surface area contributed by atoms with Crippen LogP contribution in [-0.2, 0) is 11.2 Å². The Morgan fingerprint density at radius 3 is 2.62 bits per heavy atom. The van der Waals surface area contributed by atoms with Gasteiger partial charge in [-0.25, -0.2) is 0 Å². The van der Waals surface area contributed by atoms with Gasteiger partial charge in [-0.15, -0.1) is 0 Å². The first-order valence-electron chi connectivity index (χ1n) is 9.36. The number of ether oxygens (including phenoxy) is 1. The molecule has 3 rings (SSSR count). The Hall–Kier alpha value is -1.81. The highest BCUT2D eigenvalue weighted by Gasteiger charge is 2.26. The van der Waals surface area contributed by atoms with E-state index in [-0.39, 0.29) is 11.9 Å². The summed E-state index contributed by atoms with van der Waals surface area (Å²) in [5, 5.41) is 0. The number of hydrogen-bond donors (Lipinski definition) is 0. The summed E-state index contributed by atoms with van der Waals surface area (Å²) < 4.78 is 6.35. The zero-order valence-corrected chi connectivity index (χ0v) is 16.9. The predicted molar refractivity (Wildman–Crippen MR) is 108 cm³/mol. The van der Waals surface area contributed by atoms with Crippen molar-refractivity contribution in [3.8, 4) is 5.75 Å². The normalized spacial score (nSPS) is 17.6. The van der Waals surface area contributed by atoms with Gasteiger partial charge in [-0.05, 0) is 48.6 Å². The molecule has 1 atom stereocenters. The topological polar surface area (TPSA) is 29.5 Å². The van der Waals surface area contributed by atoms with Gasteiger partial charge in [0.05, 0.1) is 13.2 Å². The minimum Gasteiger partial charge on any atom is -0.497 e. The van der Waals surface area contributed by atoms with Crippen molar-refractivity contribution in [1.82, 2.24) is 4.90 Å². The molecule has 0 bridgehead atoms. The maximum absolute atomic E-state index is 13.0. The second-order valence-electron chi connectivity index (χ2n) is 6.82. The molecule has 0 spiro atoms. The van der Waals surface area contributed by atoms with Crippen LogP contribution in [0.1, 0.15) is 49.3 Å². The molecular weight excluding hydrogens is 390 g/mol. The van der Waals surface area contributed by atoms with Gasteiger partial charge >= 0.3 is 0 Å². The van der Waals surface area contributed by atoms with Gasteiger partial charge < -0.3 is 9.64 Å². The predicted octanol–water partition coefficient (Wildman–Crippen LogP) is 5.53. The molecule has 3 nitrogen and oxygen atoms in total. The first-order chi connectivity index (χ1) is 12.7. The van der Waals surface area contributed by atoms with Crippen LogP contribution in [0.3, 0.4) is 0 Å². The summed E-state index contributed by atoms with van der Waals surface area (Å²) in [6, 6.07) is 16.5. The largest absolute Gasteiger partial charge is 0.497 e. The molecule has 1 amide bonds. The van der Waals surface area contributed by atoms with Gasteiger partial charge in [0.25, 0.3) is 0 Å². The van der Waals surface area contributed by atoms with E-state index in [1.54, 1.807) is 7.11 Å². The average Bonchev–Trinajstić information content (AvgIpc) is 2.93. The number of halogens is 1. The molecule has 1 aliphatic rings. The zero-order chi connectivity index (χ0) is 18.4. The number of carbonyl (C=O) groups excluding carboxylic acids is 1. The Labute approximate surface area is 164 Å². The molecule has 1 saturated heterocycles. The Bertz CT molecular complexity index is 729. The Morgan fingerprint density at radius 1 is 1.12 bits per heavy atom. The van der Waals surface area contributed by atoms with Gasteiger partial charge in [0.1, 0.15) is 5.75 Å². The van der Waals surface area contributed by atoms with Crippen molar-refractivity contribution in [2.24, 2.45) is 0 Å². The maximum atomic E-state index is 13.0. The van der Waals surface area contributed by atoms with Crippen molar-refractivity contribution in [2.75, 3.05) is 13.7 Å². The number of likely N-dealkylation sites (tertiary alicyclic amines) is 1. The molecule has 0 aromatic heterocycles. The van der Waals surface area contributed by atoms with Gasteiger partial charge in [0, 0.05) is 17.4 Å². The van der Waals surface area contributed by atoms with Crippen molar-refractivity contribution in [2.45, 2.75) is 44.6 Å². The minimum atomic E-state index is 0.176. The van der Waals surface area contributed by atoms with Gasteiger partial charge in [0.15, 0.2) is 0 Å². The zero-order valence-electron chi connectivity index (χ0n) is 15.3. The van der Waals surface area contributed by atoms with Crippen LogP contribution in [0.2, 0.25) is 0 Å². The molecule has 1 heterocycles. The summed E-state index contributed by atoms with van der Waals surface area (Å²) >= 11 is 3.58. The molecule has 2 aromatic rings. The van der Waals surface area contributed by atoms with Crippen LogP contribution in [0.4, 0.5) is 0 Å². The third-order valence-electron chi connectivity index (χ3n) is 5.14. The van der Waals surface area contributed by atoms with E-state index < -0.39 is 0 Å². The minimum absolute atomic E-state index is 0.176. The molecule has 0 saturated carbocycles. The number of benzene rings is 2. The highest BCUT2D eigenvalue weighted by atomic mass is 79.9. The molecule has 26 heavy (non-hydrogen) atoms. The highest BCUT2D eigenvalue weighted by molar-refractivity contribution is 9.10. The second kappa shape index (κ2) is 9.22. The fourth-order valence-electron chi connectivity index (χ4n) is 3.67. The van der Waals surface area contributed by atoms with Gasteiger partial charge in [0.2, 0.25) is 5.91 Å². The number of rotatable bonds is 5. The summed E-state index contributed by atoms with van der Waals surface area (Å²) in [4.78, 5) is 15.1. The standard InChI is InChI=1S/C22H26BrNO2/c1-26-19-13-10-18(11-14-19)21-9-3-2-6-16-24(21)22(25)15-12-17-7-4-5-8-20(17)23/h4-5,7-8,10-11,13-14,21H,2-3,6,9,12,15-16H2,1H3. The van der Waals surface area contributed by atoms with E-state index in [2.05, 4.69) is 39.0 Å². The van der Waals surface area contributed by atoms with E-state index in [1.165, 1.54) is 24.0 Å². The highest BCUT2D eigenvalue weighted by Crippen LogP contribution is 2.32. The first-order valence-corrected chi connectivity index (χ1v) is 10.1. The van der Waals surface area contributed by atoms with Crippen LogP contribution < -0.4 is 4.74 Å². The third kappa shape index (κ3) is 4.67. The average molecular weight is 416 g/mol. The Balaban J connectivity index is 1.73. The lowest BCUT2D eigenvalue weighted by molar-refractivity contribution is -0.133. The van der Waals surface area contributed by atoms with Crippen LogP contribution in [0.25, 0.3) is 0 Å². The van der Waals surface area contributed by atoms with E-state index in [1.807, 2.05) is 30.3 Å². The molecule has 138 valence electrons. The van der Waals surface area contributed by atoms with Crippen molar-refractivity contribution >= 4 is 21.8 Å². The molecule has 4 heteroatoms. The fourth-order valence-corrected chi connectivity index (χ4v) is 4.15. The fraction of sp³-hybridized carbons (Fsp3) is 0.409. The number of carbonyl (C=O) groups is 1. The molecule has 0 radical (unpaired) electrons. The quantitative estimate of drug-likeness (QED) is 0.641. The SMILES string of the molecule is COc1ccc(C2CCCCCN2C(=O)CCc2ccccc2Br)cc1. The first kappa shape index (κ1) is 19.0. The van der Waals surface area contributed by atoms with Crippen LogP contribution >= 0.6 is 15.9 Å². The lowest BCUT2D eigenvalue weighted by Gasteiger charge is -2.31. The molecule has 1 aliphatic heterocycles. The van der Waals surface area contributed by atoms with Crippen LogP contribution in [-0.4, -0.2) is 24.5 Å². The number of hydrogen-bond acceptors (Lipinski definition) is 2. The lowest BCUT2D eigenvalue weighted by Crippen LogP contribution is -2.35. The third-order valence-corrected chi connectivity index (χ3v) is 5.91. The molecular formula is C22H26BrNO2. The lowest BCUT2D eigenvalue weighted by atomic mass is 10.00. The van der Waals surface area contributed by atoms with Crippen molar-refractivity contribution in [3.63, 3.8) is 0 Å². The molecule has 1 fully saturated rings. The summed E-state index contributed by atoms with van der Waals surface area (Å²) in [6.45, 7) is 0.853. The van der Waals surface area contributed by atoms with E-state index in [4.69, 9.17) is 4.74 Å². The van der Waals surface area contributed by atoms with Crippen LogP contribution in [0.5, 0.6) is 5.75 Å². The molecule has 2 aromatic carbocycles. The molecule has 0 aliphatic carbocycles. The Morgan fingerprint density at radius 2 is 1.88 bits per heavy atom. The summed E-state index contributed by atoms with van der Waals surface area (Å²) in [5.41, 5.74) is 2.40. The summed E-state index contributed by atoms with van der Waals surface area (Å²) in [7, 11) is 1.68. The monoisotopic (exact) mass is 415 g/mol. The number of nitrogens with zero attached hydrogens (tertiary/aromatic N) is 1. The van der Waals surface area contributed by atoms with E-state index >= 15 is 0 Å². The number of aryl methyl sites for hydroxylation is 1. The van der Waals surface area contributed by atoms with Crippen molar-refractivity contribution in [3.05, 3.63) is 64.1 Å². The maximum Gasteiger partial charge on any atom is 0.223 e. The van der Waals surface area contributed by atoms with Gasteiger partial charge in [-0.2, -0.15) is 0 Å². The van der Waals surface area contributed by atoms with Crippen LogP contribution in [0, 0.1) is 0 Å². The van der Waals surface area contributed by atoms with Crippen LogP contribution in [0.15, 0.2) is 53.0 Å².